The maximum atomic E-state index is 12.1. The average molecular weight is 285 g/mol. The number of aliphatic hydroxyl groups is 1. The normalized spacial score (nSPS) is 19.5. The zero-order chi connectivity index (χ0) is 15.1. The molecule has 0 spiro atoms. The van der Waals surface area contributed by atoms with E-state index >= 15 is 0 Å². The first-order valence-corrected chi connectivity index (χ1v) is 7.40. The van der Waals surface area contributed by atoms with Crippen molar-refractivity contribution in [3.63, 3.8) is 0 Å². The molecule has 0 aromatic heterocycles. The van der Waals surface area contributed by atoms with Crippen molar-refractivity contribution in [1.29, 1.82) is 0 Å². The number of carbonyl (C=O) groups excluding carboxylic acids is 2. The summed E-state index contributed by atoms with van der Waals surface area (Å²) in [7, 11) is 0. The number of piperidine rings is 1. The molecule has 4 N–H and O–H groups in total. The SMILES string of the molecule is CC(N)C(C)C(=O)N1CCC(C(=O)NCCCO)CC1. The van der Waals surface area contributed by atoms with Gasteiger partial charge in [0.2, 0.25) is 11.8 Å². The molecule has 1 saturated heterocycles. The van der Waals surface area contributed by atoms with Crippen molar-refractivity contribution in [2.45, 2.75) is 39.2 Å². The van der Waals surface area contributed by atoms with Crippen LogP contribution in [-0.4, -0.2) is 54.1 Å². The van der Waals surface area contributed by atoms with Crippen molar-refractivity contribution in [1.82, 2.24) is 10.2 Å². The van der Waals surface area contributed by atoms with Gasteiger partial charge in [-0.3, -0.25) is 9.59 Å². The third-order valence-electron chi connectivity index (χ3n) is 3.99. The number of nitrogens with one attached hydrogen (secondary N) is 1. The molecule has 0 aliphatic carbocycles. The van der Waals surface area contributed by atoms with Crippen LogP contribution < -0.4 is 11.1 Å². The summed E-state index contributed by atoms with van der Waals surface area (Å²) in [6, 6.07) is -0.151. The molecule has 0 saturated carbocycles. The third-order valence-corrected chi connectivity index (χ3v) is 3.99. The molecule has 1 heterocycles. The Labute approximate surface area is 120 Å². The van der Waals surface area contributed by atoms with Crippen molar-refractivity contribution in [2.75, 3.05) is 26.2 Å². The summed E-state index contributed by atoms with van der Waals surface area (Å²) in [6.07, 6.45) is 1.97. The lowest BCUT2D eigenvalue weighted by Gasteiger charge is -2.33. The summed E-state index contributed by atoms with van der Waals surface area (Å²) >= 11 is 0. The Morgan fingerprint density at radius 3 is 2.45 bits per heavy atom. The van der Waals surface area contributed by atoms with Crippen LogP contribution in [0.3, 0.4) is 0 Å². The maximum absolute atomic E-state index is 12.1. The first-order chi connectivity index (χ1) is 9.47. The number of hydrogen-bond donors (Lipinski definition) is 3. The summed E-state index contributed by atoms with van der Waals surface area (Å²) in [5, 5.41) is 11.5. The van der Waals surface area contributed by atoms with Crippen LogP contribution in [-0.2, 0) is 9.59 Å². The first kappa shape index (κ1) is 16.9. The van der Waals surface area contributed by atoms with Crippen molar-refractivity contribution in [2.24, 2.45) is 17.6 Å². The van der Waals surface area contributed by atoms with Crippen molar-refractivity contribution >= 4 is 11.8 Å². The van der Waals surface area contributed by atoms with Gasteiger partial charge < -0.3 is 21.1 Å². The highest BCUT2D eigenvalue weighted by atomic mass is 16.3. The fourth-order valence-corrected chi connectivity index (χ4v) is 2.31. The lowest BCUT2D eigenvalue weighted by molar-refractivity contribution is -0.139. The Morgan fingerprint density at radius 2 is 1.95 bits per heavy atom. The van der Waals surface area contributed by atoms with Gasteiger partial charge in [-0.05, 0) is 26.2 Å². The Bertz CT molecular complexity index is 326. The van der Waals surface area contributed by atoms with Gasteiger partial charge in [0, 0.05) is 38.2 Å². The number of likely N-dealkylation sites (tertiary alicyclic amines) is 1. The standard InChI is InChI=1S/C14H27N3O3/c1-10(11(2)15)14(20)17-7-4-12(5-8-17)13(19)16-6-3-9-18/h10-12,18H,3-9,15H2,1-2H3,(H,16,19). The smallest absolute Gasteiger partial charge is 0.226 e. The second kappa shape index (κ2) is 8.21. The summed E-state index contributed by atoms with van der Waals surface area (Å²) in [4.78, 5) is 25.8. The number of rotatable bonds is 6. The zero-order valence-corrected chi connectivity index (χ0v) is 12.5. The van der Waals surface area contributed by atoms with Gasteiger partial charge in [-0.25, -0.2) is 0 Å². The van der Waals surface area contributed by atoms with E-state index in [0.29, 0.717) is 38.9 Å². The molecule has 2 unspecified atom stereocenters. The fraction of sp³-hybridized carbons (Fsp3) is 0.857. The molecule has 1 rings (SSSR count). The van der Waals surface area contributed by atoms with E-state index in [1.807, 2.05) is 18.7 Å². The van der Waals surface area contributed by atoms with Gasteiger partial charge in [-0.1, -0.05) is 6.92 Å². The molecule has 116 valence electrons. The molecule has 0 radical (unpaired) electrons. The maximum Gasteiger partial charge on any atom is 0.226 e. The minimum atomic E-state index is -0.176. The van der Waals surface area contributed by atoms with Crippen LogP contribution in [0.5, 0.6) is 0 Å². The Morgan fingerprint density at radius 1 is 1.35 bits per heavy atom. The average Bonchev–Trinajstić information content (AvgIpc) is 2.46. The summed E-state index contributed by atoms with van der Waals surface area (Å²) in [6.45, 7) is 5.52. The second-order valence-electron chi connectivity index (χ2n) is 5.62. The van der Waals surface area contributed by atoms with Gasteiger partial charge in [-0.15, -0.1) is 0 Å². The molecular weight excluding hydrogens is 258 g/mol. The Balaban J connectivity index is 2.36. The van der Waals surface area contributed by atoms with E-state index in [9.17, 15) is 9.59 Å². The van der Waals surface area contributed by atoms with E-state index in [2.05, 4.69) is 5.32 Å². The highest BCUT2D eigenvalue weighted by molar-refractivity contribution is 5.81. The monoisotopic (exact) mass is 285 g/mol. The van der Waals surface area contributed by atoms with Gasteiger partial charge >= 0.3 is 0 Å². The number of nitrogens with two attached hydrogens (primary N) is 1. The number of hydrogen-bond acceptors (Lipinski definition) is 4. The van der Waals surface area contributed by atoms with Crippen LogP contribution in [0.2, 0.25) is 0 Å². The van der Waals surface area contributed by atoms with E-state index in [1.165, 1.54) is 0 Å². The van der Waals surface area contributed by atoms with Crippen LogP contribution >= 0.6 is 0 Å². The lowest BCUT2D eigenvalue weighted by Crippen LogP contribution is -2.47. The highest BCUT2D eigenvalue weighted by Gasteiger charge is 2.30. The third kappa shape index (κ3) is 4.76. The number of nitrogens with zero attached hydrogens (tertiary/aromatic N) is 1. The first-order valence-electron chi connectivity index (χ1n) is 7.40. The van der Waals surface area contributed by atoms with Gasteiger partial charge in [0.05, 0.1) is 5.92 Å². The minimum absolute atomic E-state index is 0.0247. The zero-order valence-electron chi connectivity index (χ0n) is 12.5. The summed E-state index contributed by atoms with van der Waals surface area (Å²) in [5.41, 5.74) is 5.76. The van der Waals surface area contributed by atoms with Crippen molar-refractivity contribution in [3.05, 3.63) is 0 Å². The lowest BCUT2D eigenvalue weighted by atomic mass is 9.94. The van der Waals surface area contributed by atoms with E-state index in [4.69, 9.17) is 10.8 Å². The molecule has 6 nitrogen and oxygen atoms in total. The van der Waals surface area contributed by atoms with Crippen LogP contribution in [0.25, 0.3) is 0 Å². The number of carbonyl (C=O) groups is 2. The molecule has 2 atom stereocenters. The largest absolute Gasteiger partial charge is 0.396 e. The van der Waals surface area contributed by atoms with E-state index < -0.39 is 0 Å². The topological polar surface area (TPSA) is 95.7 Å². The van der Waals surface area contributed by atoms with Gasteiger partial charge in [0.25, 0.3) is 0 Å². The fourth-order valence-electron chi connectivity index (χ4n) is 2.31. The van der Waals surface area contributed by atoms with Crippen LogP contribution in [0.1, 0.15) is 33.1 Å². The number of aliphatic hydroxyl groups excluding tert-OH is 1. The molecule has 0 aromatic carbocycles. The Kier molecular flexibility index (Phi) is 6.95. The quantitative estimate of drug-likeness (QED) is 0.584. The van der Waals surface area contributed by atoms with Crippen molar-refractivity contribution < 1.29 is 14.7 Å². The molecule has 0 aromatic rings. The summed E-state index contributed by atoms with van der Waals surface area (Å²) in [5.74, 6) is -0.0850. The Hall–Kier alpha value is -1.14. The summed E-state index contributed by atoms with van der Waals surface area (Å²) < 4.78 is 0. The highest BCUT2D eigenvalue weighted by Crippen LogP contribution is 2.19. The molecule has 1 aliphatic heterocycles. The molecular formula is C14H27N3O3. The predicted molar refractivity (Wildman–Crippen MR) is 76.8 cm³/mol. The molecule has 2 amide bonds. The predicted octanol–water partition coefficient (Wildman–Crippen LogP) is -0.293. The molecule has 1 aliphatic rings. The molecule has 0 bridgehead atoms. The van der Waals surface area contributed by atoms with Crippen LogP contribution in [0.4, 0.5) is 0 Å². The van der Waals surface area contributed by atoms with Gasteiger partial charge in [-0.2, -0.15) is 0 Å². The van der Waals surface area contributed by atoms with Gasteiger partial charge in [0.15, 0.2) is 0 Å². The van der Waals surface area contributed by atoms with Crippen LogP contribution in [0.15, 0.2) is 0 Å². The van der Waals surface area contributed by atoms with Crippen molar-refractivity contribution in [3.8, 4) is 0 Å². The molecule has 6 heteroatoms. The molecule has 20 heavy (non-hydrogen) atoms. The van der Waals surface area contributed by atoms with E-state index in [0.717, 1.165) is 0 Å². The van der Waals surface area contributed by atoms with E-state index in [1.54, 1.807) is 0 Å². The minimum Gasteiger partial charge on any atom is -0.396 e. The van der Waals surface area contributed by atoms with Gasteiger partial charge in [0.1, 0.15) is 0 Å². The molecule has 1 fully saturated rings. The second-order valence-corrected chi connectivity index (χ2v) is 5.62. The van der Waals surface area contributed by atoms with Crippen LogP contribution in [0, 0.1) is 11.8 Å². The van der Waals surface area contributed by atoms with E-state index in [-0.39, 0.29) is 36.3 Å². The number of amides is 2.